The molecule has 0 saturated heterocycles. The van der Waals surface area contributed by atoms with Gasteiger partial charge in [-0.15, -0.1) is 0 Å². The number of ketones is 1. The zero-order chi connectivity index (χ0) is 13.3. The molecule has 0 aliphatic heterocycles. The lowest BCUT2D eigenvalue weighted by Gasteiger charge is -2.06. The molecule has 0 saturated carbocycles. The predicted octanol–water partition coefficient (Wildman–Crippen LogP) is 4.27. The van der Waals surface area contributed by atoms with Gasteiger partial charge in [0.1, 0.15) is 0 Å². The van der Waals surface area contributed by atoms with Crippen LogP contribution in [-0.2, 0) is 0 Å². The van der Waals surface area contributed by atoms with Crippen molar-refractivity contribution in [1.29, 1.82) is 0 Å². The van der Waals surface area contributed by atoms with E-state index in [1.54, 1.807) is 25.1 Å². The highest BCUT2D eigenvalue weighted by atomic mass is 79.9. The van der Waals surface area contributed by atoms with Crippen molar-refractivity contribution in [1.82, 2.24) is 0 Å². The fraction of sp³-hybridized carbons (Fsp3) is 0.0714. The second kappa shape index (κ2) is 4.98. The van der Waals surface area contributed by atoms with Crippen LogP contribution in [0.1, 0.15) is 21.5 Å². The van der Waals surface area contributed by atoms with E-state index in [2.05, 4.69) is 15.9 Å². The third-order valence-corrected chi connectivity index (χ3v) is 3.11. The SMILES string of the molecule is Cc1cc(Br)ccc1C(=O)c1ccc(F)c(F)c1. The van der Waals surface area contributed by atoms with E-state index in [4.69, 9.17) is 0 Å². The molecule has 0 aromatic heterocycles. The number of hydrogen-bond donors (Lipinski definition) is 0. The van der Waals surface area contributed by atoms with Gasteiger partial charge in [0.2, 0.25) is 0 Å². The first-order valence-electron chi connectivity index (χ1n) is 5.25. The van der Waals surface area contributed by atoms with Crippen molar-refractivity contribution in [2.24, 2.45) is 0 Å². The largest absolute Gasteiger partial charge is 0.289 e. The molecule has 0 spiro atoms. The van der Waals surface area contributed by atoms with Crippen LogP contribution in [-0.4, -0.2) is 5.78 Å². The van der Waals surface area contributed by atoms with Crippen molar-refractivity contribution in [3.63, 3.8) is 0 Å². The van der Waals surface area contributed by atoms with E-state index in [9.17, 15) is 13.6 Å². The minimum absolute atomic E-state index is 0.138. The quantitative estimate of drug-likeness (QED) is 0.757. The van der Waals surface area contributed by atoms with Crippen molar-refractivity contribution in [3.05, 3.63) is 69.2 Å². The van der Waals surface area contributed by atoms with Crippen LogP contribution in [0.3, 0.4) is 0 Å². The first-order chi connectivity index (χ1) is 8.49. The van der Waals surface area contributed by atoms with Gasteiger partial charge in [0.25, 0.3) is 0 Å². The minimum Gasteiger partial charge on any atom is -0.289 e. The number of benzene rings is 2. The Labute approximate surface area is 112 Å². The van der Waals surface area contributed by atoms with Crippen LogP contribution in [0.15, 0.2) is 40.9 Å². The smallest absolute Gasteiger partial charge is 0.193 e. The molecular weight excluding hydrogens is 302 g/mol. The standard InChI is InChI=1S/C14H9BrF2O/c1-8-6-10(15)3-4-11(8)14(18)9-2-5-12(16)13(17)7-9/h2-7H,1H3. The summed E-state index contributed by atoms with van der Waals surface area (Å²) in [5.41, 5.74) is 1.39. The molecule has 1 nitrogen and oxygen atoms in total. The fourth-order valence-electron chi connectivity index (χ4n) is 1.67. The molecule has 0 aliphatic carbocycles. The van der Waals surface area contributed by atoms with E-state index in [1.165, 1.54) is 6.07 Å². The van der Waals surface area contributed by atoms with E-state index < -0.39 is 11.6 Å². The Bertz CT molecular complexity index is 623. The summed E-state index contributed by atoms with van der Waals surface area (Å²) in [7, 11) is 0. The molecule has 4 heteroatoms. The van der Waals surface area contributed by atoms with Crippen LogP contribution in [0, 0.1) is 18.6 Å². The van der Waals surface area contributed by atoms with Crippen molar-refractivity contribution in [2.75, 3.05) is 0 Å². The molecular formula is C14H9BrF2O. The molecule has 0 bridgehead atoms. The summed E-state index contributed by atoms with van der Waals surface area (Å²) in [4.78, 5) is 12.1. The van der Waals surface area contributed by atoms with Crippen LogP contribution in [0.4, 0.5) is 8.78 Å². The third-order valence-electron chi connectivity index (χ3n) is 2.61. The highest BCUT2D eigenvalue weighted by molar-refractivity contribution is 9.10. The molecule has 0 amide bonds. The summed E-state index contributed by atoms with van der Waals surface area (Å²) in [5.74, 6) is -2.30. The molecule has 92 valence electrons. The zero-order valence-electron chi connectivity index (χ0n) is 9.51. The van der Waals surface area contributed by atoms with Gasteiger partial charge < -0.3 is 0 Å². The maximum atomic E-state index is 13.1. The lowest BCUT2D eigenvalue weighted by atomic mass is 9.99. The van der Waals surface area contributed by atoms with Crippen molar-refractivity contribution >= 4 is 21.7 Å². The monoisotopic (exact) mass is 310 g/mol. The Morgan fingerprint density at radius 2 is 1.78 bits per heavy atom. The summed E-state index contributed by atoms with van der Waals surface area (Å²) in [5, 5.41) is 0. The first kappa shape index (κ1) is 12.9. The van der Waals surface area contributed by atoms with E-state index in [0.29, 0.717) is 5.56 Å². The van der Waals surface area contributed by atoms with Crippen molar-refractivity contribution < 1.29 is 13.6 Å². The Morgan fingerprint density at radius 3 is 2.39 bits per heavy atom. The van der Waals surface area contributed by atoms with E-state index in [0.717, 1.165) is 22.2 Å². The fourth-order valence-corrected chi connectivity index (χ4v) is 2.15. The molecule has 2 aromatic rings. The van der Waals surface area contributed by atoms with Crippen LogP contribution in [0.2, 0.25) is 0 Å². The van der Waals surface area contributed by atoms with Crippen LogP contribution >= 0.6 is 15.9 Å². The van der Waals surface area contributed by atoms with E-state index >= 15 is 0 Å². The number of hydrogen-bond acceptors (Lipinski definition) is 1. The maximum absolute atomic E-state index is 13.1. The molecule has 2 rings (SSSR count). The first-order valence-corrected chi connectivity index (χ1v) is 6.04. The Kier molecular flexibility index (Phi) is 3.57. The number of aryl methyl sites for hydroxylation is 1. The van der Waals surface area contributed by atoms with Gasteiger partial charge in [-0.05, 0) is 48.9 Å². The van der Waals surface area contributed by atoms with Gasteiger partial charge in [-0.3, -0.25) is 4.79 Å². The average molecular weight is 311 g/mol. The van der Waals surface area contributed by atoms with Gasteiger partial charge in [0.15, 0.2) is 17.4 Å². The molecule has 0 radical (unpaired) electrons. The molecule has 0 aliphatic rings. The summed E-state index contributed by atoms with van der Waals surface area (Å²) in [6.45, 7) is 1.79. The number of rotatable bonds is 2. The molecule has 0 heterocycles. The van der Waals surface area contributed by atoms with E-state index in [1.807, 2.05) is 0 Å². The third kappa shape index (κ3) is 2.48. The molecule has 2 aromatic carbocycles. The molecule has 0 fully saturated rings. The van der Waals surface area contributed by atoms with Crippen LogP contribution in [0.25, 0.3) is 0 Å². The topological polar surface area (TPSA) is 17.1 Å². The second-order valence-electron chi connectivity index (χ2n) is 3.92. The summed E-state index contributed by atoms with van der Waals surface area (Å²) < 4.78 is 26.8. The van der Waals surface area contributed by atoms with Crippen molar-refractivity contribution in [3.8, 4) is 0 Å². The molecule has 0 unspecified atom stereocenters. The highest BCUT2D eigenvalue weighted by Crippen LogP contribution is 2.20. The zero-order valence-corrected chi connectivity index (χ0v) is 11.1. The number of carbonyl (C=O) groups excluding carboxylic acids is 1. The highest BCUT2D eigenvalue weighted by Gasteiger charge is 2.14. The van der Waals surface area contributed by atoms with Gasteiger partial charge in [0.05, 0.1) is 0 Å². The van der Waals surface area contributed by atoms with Gasteiger partial charge in [-0.2, -0.15) is 0 Å². The van der Waals surface area contributed by atoms with Crippen LogP contribution < -0.4 is 0 Å². The van der Waals surface area contributed by atoms with Gasteiger partial charge in [-0.25, -0.2) is 8.78 Å². The summed E-state index contributed by atoms with van der Waals surface area (Å²) in [6.07, 6.45) is 0. The van der Waals surface area contributed by atoms with Crippen molar-refractivity contribution in [2.45, 2.75) is 6.92 Å². The Morgan fingerprint density at radius 1 is 1.06 bits per heavy atom. The summed E-state index contributed by atoms with van der Waals surface area (Å²) >= 11 is 3.30. The van der Waals surface area contributed by atoms with Gasteiger partial charge >= 0.3 is 0 Å². The number of halogens is 3. The molecule has 18 heavy (non-hydrogen) atoms. The average Bonchev–Trinajstić information content (AvgIpc) is 2.32. The lowest BCUT2D eigenvalue weighted by molar-refractivity contribution is 0.103. The summed E-state index contributed by atoms with van der Waals surface area (Å²) in [6, 6.07) is 8.34. The Balaban J connectivity index is 2.44. The molecule has 0 atom stereocenters. The predicted molar refractivity (Wildman–Crippen MR) is 68.7 cm³/mol. The maximum Gasteiger partial charge on any atom is 0.193 e. The minimum atomic E-state index is -1.02. The van der Waals surface area contributed by atoms with Gasteiger partial charge in [-0.1, -0.05) is 15.9 Å². The van der Waals surface area contributed by atoms with E-state index in [-0.39, 0.29) is 11.3 Å². The van der Waals surface area contributed by atoms with Crippen LogP contribution in [0.5, 0.6) is 0 Å². The second-order valence-corrected chi connectivity index (χ2v) is 4.83. The normalized spacial score (nSPS) is 10.4. The van der Waals surface area contributed by atoms with Gasteiger partial charge in [0, 0.05) is 15.6 Å². The number of carbonyl (C=O) groups is 1. The lowest BCUT2D eigenvalue weighted by Crippen LogP contribution is -2.04. The molecule has 0 N–H and O–H groups in total. The Hall–Kier alpha value is -1.55.